The predicted molar refractivity (Wildman–Crippen MR) is 107 cm³/mol. The Kier molecular flexibility index (Phi) is 5.59. The molecule has 0 fully saturated rings. The number of nitrogens with zero attached hydrogens (tertiary/aromatic N) is 1. The van der Waals surface area contributed by atoms with Crippen molar-refractivity contribution in [2.75, 3.05) is 0 Å². The minimum absolute atomic E-state index is 0.207. The van der Waals surface area contributed by atoms with Crippen LogP contribution in [0.15, 0.2) is 90.0 Å². The summed E-state index contributed by atoms with van der Waals surface area (Å²) >= 11 is 0. The van der Waals surface area contributed by atoms with Gasteiger partial charge in [0.25, 0.3) is 5.91 Å². The normalized spacial score (nSPS) is 11.4. The molecule has 0 atom stereocenters. The summed E-state index contributed by atoms with van der Waals surface area (Å²) in [6.45, 7) is 4.12. The number of nitrogens with one attached hydrogen (secondary N) is 1. The van der Waals surface area contributed by atoms with Crippen LogP contribution in [0.25, 0.3) is 11.1 Å². The number of hydrogen-bond donors (Lipinski definition) is 1. The average molecular weight is 342 g/mol. The molecule has 0 aliphatic heterocycles. The zero-order valence-electron chi connectivity index (χ0n) is 15.0. The van der Waals surface area contributed by atoms with Gasteiger partial charge in [-0.25, -0.2) is 5.43 Å². The Morgan fingerprint density at radius 3 is 1.85 bits per heavy atom. The smallest absolute Gasteiger partial charge is 0.267 e. The fraction of sp³-hybridized carbons (Fsp3) is 0.130. The Morgan fingerprint density at radius 1 is 0.731 bits per heavy atom. The molecule has 0 spiro atoms. The van der Waals surface area contributed by atoms with Crippen molar-refractivity contribution in [3.05, 3.63) is 96.1 Å². The summed E-state index contributed by atoms with van der Waals surface area (Å²) < 4.78 is 0. The van der Waals surface area contributed by atoms with Crippen LogP contribution in [0.2, 0.25) is 0 Å². The maximum absolute atomic E-state index is 12.4. The van der Waals surface area contributed by atoms with Crippen molar-refractivity contribution < 1.29 is 4.79 Å². The van der Waals surface area contributed by atoms with Crippen molar-refractivity contribution in [1.82, 2.24) is 5.43 Å². The lowest BCUT2D eigenvalue weighted by atomic mass is 10.0. The van der Waals surface area contributed by atoms with Crippen LogP contribution >= 0.6 is 0 Å². The summed E-state index contributed by atoms with van der Waals surface area (Å²) in [5, 5.41) is 4.37. The van der Waals surface area contributed by atoms with Crippen LogP contribution in [0, 0.1) is 5.92 Å². The lowest BCUT2D eigenvalue weighted by Crippen LogP contribution is -2.22. The molecular formula is C23H22N2O. The van der Waals surface area contributed by atoms with Crippen LogP contribution in [0.1, 0.15) is 29.8 Å². The largest absolute Gasteiger partial charge is 0.271 e. The third-order valence-electron chi connectivity index (χ3n) is 4.15. The van der Waals surface area contributed by atoms with E-state index in [1.54, 1.807) is 0 Å². The van der Waals surface area contributed by atoms with Crippen molar-refractivity contribution in [3.63, 3.8) is 0 Å². The molecule has 130 valence electrons. The summed E-state index contributed by atoms with van der Waals surface area (Å²) in [5.41, 5.74) is 7.36. The highest BCUT2D eigenvalue weighted by Crippen LogP contribution is 2.19. The minimum atomic E-state index is -0.210. The fourth-order valence-corrected chi connectivity index (χ4v) is 2.76. The first-order valence-corrected chi connectivity index (χ1v) is 8.74. The minimum Gasteiger partial charge on any atom is -0.267 e. The van der Waals surface area contributed by atoms with Crippen molar-refractivity contribution >= 4 is 11.6 Å². The molecule has 1 amide bonds. The summed E-state index contributed by atoms with van der Waals surface area (Å²) in [7, 11) is 0. The highest BCUT2D eigenvalue weighted by atomic mass is 16.2. The maximum atomic E-state index is 12.4. The topological polar surface area (TPSA) is 41.5 Å². The number of rotatable bonds is 5. The number of hydrazone groups is 1. The molecule has 3 rings (SSSR count). The van der Waals surface area contributed by atoms with E-state index in [2.05, 4.69) is 24.4 Å². The van der Waals surface area contributed by atoms with E-state index >= 15 is 0 Å². The van der Waals surface area contributed by atoms with Crippen LogP contribution in [-0.4, -0.2) is 11.6 Å². The molecule has 0 saturated heterocycles. The van der Waals surface area contributed by atoms with Gasteiger partial charge in [-0.05, 0) is 34.7 Å². The second-order valence-corrected chi connectivity index (χ2v) is 6.40. The molecule has 1 N–H and O–H groups in total. The SMILES string of the molecule is CC(C)C(=NNC(=O)c1ccc(-c2ccccc2)cc1)c1ccccc1. The Labute approximate surface area is 154 Å². The molecule has 3 nitrogen and oxygen atoms in total. The molecule has 3 aromatic rings. The van der Waals surface area contributed by atoms with Gasteiger partial charge in [0.1, 0.15) is 0 Å². The zero-order valence-corrected chi connectivity index (χ0v) is 15.0. The third kappa shape index (κ3) is 4.25. The highest BCUT2D eigenvalue weighted by molar-refractivity contribution is 6.03. The summed E-state index contributed by atoms with van der Waals surface area (Å²) in [4.78, 5) is 12.4. The van der Waals surface area contributed by atoms with Crippen molar-refractivity contribution in [2.24, 2.45) is 11.0 Å². The maximum Gasteiger partial charge on any atom is 0.271 e. The van der Waals surface area contributed by atoms with E-state index < -0.39 is 0 Å². The van der Waals surface area contributed by atoms with E-state index in [1.807, 2.05) is 84.9 Å². The van der Waals surface area contributed by atoms with Gasteiger partial charge >= 0.3 is 0 Å². The van der Waals surface area contributed by atoms with E-state index in [0.717, 1.165) is 22.4 Å². The van der Waals surface area contributed by atoms with E-state index in [1.165, 1.54) is 0 Å². The Bertz CT molecular complexity index is 883. The molecule has 0 radical (unpaired) electrons. The first-order chi connectivity index (χ1) is 12.6. The fourth-order valence-electron chi connectivity index (χ4n) is 2.76. The average Bonchev–Trinajstić information content (AvgIpc) is 2.69. The number of carbonyl (C=O) groups is 1. The van der Waals surface area contributed by atoms with Gasteiger partial charge in [0, 0.05) is 5.56 Å². The summed E-state index contributed by atoms with van der Waals surface area (Å²) in [6.07, 6.45) is 0. The first kappa shape index (κ1) is 17.6. The molecule has 3 heteroatoms. The number of hydrogen-bond acceptors (Lipinski definition) is 2. The van der Waals surface area contributed by atoms with Gasteiger partial charge in [-0.15, -0.1) is 0 Å². The molecule has 0 aliphatic carbocycles. The quantitative estimate of drug-likeness (QED) is 0.506. The number of carbonyl (C=O) groups excluding carboxylic acids is 1. The van der Waals surface area contributed by atoms with Crippen LogP contribution in [-0.2, 0) is 0 Å². The van der Waals surface area contributed by atoms with E-state index in [9.17, 15) is 4.79 Å². The standard InChI is InChI=1S/C23H22N2O/c1-17(2)22(20-11-7-4-8-12-20)24-25-23(26)21-15-13-19(14-16-21)18-9-5-3-6-10-18/h3-17H,1-2H3,(H,25,26). The van der Waals surface area contributed by atoms with Crippen molar-refractivity contribution in [1.29, 1.82) is 0 Å². The zero-order chi connectivity index (χ0) is 18.4. The molecule has 0 bridgehead atoms. The summed E-state index contributed by atoms with van der Waals surface area (Å²) in [5.74, 6) is -0.00292. The molecule has 0 unspecified atom stereocenters. The van der Waals surface area contributed by atoms with Crippen LogP contribution < -0.4 is 5.43 Å². The van der Waals surface area contributed by atoms with Crippen molar-refractivity contribution in [3.8, 4) is 11.1 Å². The van der Waals surface area contributed by atoms with Crippen LogP contribution in [0.4, 0.5) is 0 Å². The lowest BCUT2D eigenvalue weighted by Gasteiger charge is -2.11. The molecule has 0 aromatic heterocycles. The third-order valence-corrected chi connectivity index (χ3v) is 4.15. The molecule has 0 aliphatic rings. The van der Waals surface area contributed by atoms with Gasteiger partial charge in [0.05, 0.1) is 5.71 Å². The number of benzene rings is 3. The van der Waals surface area contributed by atoms with Crippen molar-refractivity contribution in [2.45, 2.75) is 13.8 Å². The molecule has 3 aromatic carbocycles. The van der Waals surface area contributed by atoms with E-state index in [4.69, 9.17) is 0 Å². The molecule has 0 saturated carbocycles. The lowest BCUT2D eigenvalue weighted by molar-refractivity contribution is 0.0954. The Balaban J connectivity index is 1.75. The Hall–Kier alpha value is -3.20. The second-order valence-electron chi connectivity index (χ2n) is 6.40. The van der Waals surface area contributed by atoms with Crippen LogP contribution in [0.5, 0.6) is 0 Å². The van der Waals surface area contributed by atoms with Gasteiger partial charge in [0.15, 0.2) is 0 Å². The van der Waals surface area contributed by atoms with Gasteiger partial charge in [0.2, 0.25) is 0 Å². The monoisotopic (exact) mass is 342 g/mol. The van der Waals surface area contributed by atoms with Crippen LogP contribution in [0.3, 0.4) is 0 Å². The first-order valence-electron chi connectivity index (χ1n) is 8.74. The van der Waals surface area contributed by atoms with Gasteiger partial charge in [-0.2, -0.15) is 5.10 Å². The van der Waals surface area contributed by atoms with E-state index in [-0.39, 0.29) is 11.8 Å². The Morgan fingerprint density at radius 2 is 1.27 bits per heavy atom. The number of amides is 1. The van der Waals surface area contributed by atoms with E-state index in [0.29, 0.717) is 5.56 Å². The second kappa shape index (κ2) is 8.26. The molecule has 0 heterocycles. The molecular weight excluding hydrogens is 320 g/mol. The van der Waals surface area contributed by atoms with Gasteiger partial charge in [-0.1, -0.05) is 86.6 Å². The predicted octanol–water partition coefficient (Wildman–Crippen LogP) is 5.14. The van der Waals surface area contributed by atoms with Gasteiger partial charge < -0.3 is 0 Å². The molecule has 26 heavy (non-hydrogen) atoms. The van der Waals surface area contributed by atoms with Gasteiger partial charge in [-0.3, -0.25) is 4.79 Å². The highest BCUT2D eigenvalue weighted by Gasteiger charge is 2.10. The summed E-state index contributed by atoms with van der Waals surface area (Å²) in [6, 6.07) is 27.6.